The number of fused-ring (bicyclic) bond motifs is 1. The van der Waals surface area contributed by atoms with Gasteiger partial charge < -0.3 is 0 Å². The quantitative estimate of drug-likeness (QED) is 0.628. The van der Waals surface area contributed by atoms with Gasteiger partial charge in [-0.3, -0.25) is 14.4 Å². The molecule has 1 aromatic heterocycles. The molecule has 3 aliphatic rings. The third-order valence-corrected chi connectivity index (χ3v) is 6.41. The van der Waals surface area contributed by atoms with Gasteiger partial charge >= 0.3 is 0 Å². The first-order valence-corrected chi connectivity index (χ1v) is 10.3. The zero-order valence-corrected chi connectivity index (χ0v) is 17.4. The van der Waals surface area contributed by atoms with Gasteiger partial charge in [0.1, 0.15) is 0 Å². The lowest BCUT2D eigenvalue weighted by Crippen LogP contribution is -2.36. The van der Waals surface area contributed by atoms with Crippen molar-refractivity contribution in [1.82, 2.24) is 9.97 Å². The predicted octanol–water partition coefficient (Wildman–Crippen LogP) is 4.68. The lowest BCUT2D eigenvalue weighted by molar-refractivity contribution is -0.118. The Kier molecular flexibility index (Phi) is 4.16. The number of halogens is 1. The molecule has 1 heterocycles. The summed E-state index contributed by atoms with van der Waals surface area (Å²) in [5.41, 5.74) is 3.67. The Morgan fingerprint density at radius 1 is 0.933 bits per heavy atom. The van der Waals surface area contributed by atoms with Crippen molar-refractivity contribution < 1.29 is 14.4 Å². The second-order valence-corrected chi connectivity index (χ2v) is 9.29. The molecule has 5 rings (SSSR count). The van der Waals surface area contributed by atoms with Gasteiger partial charge in [0.15, 0.2) is 17.3 Å². The number of rotatable bonds is 1. The maximum absolute atomic E-state index is 13.5. The number of hydrogen-bond acceptors (Lipinski definition) is 5. The van der Waals surface area contributed by atoms with Gasteiger partial charge in [-0.1, -0.05) is 43.7 Å². The summed E-state index contributed by atoms with van der Waals surface area (Å²) >= 11 is 5.88. The summed E-state index contributed by atoms with van der Waals surface area (Å²) in [5, 5.41) is 0.0884. The second kappa shape index (κ2) is 6.54. The van der Waals surface area contributed by atoms with E-state index in [9.17, 15) is 14.4 Å². The number of benzene rings is 1. The molecule has 0 radical (unpaired) electrons. The van der Waals surface area contributed by atoms with E-state index >= 15 is 0 Å². The molecular formula is C24H19ClN2O3. The molecule has 150 valence electrons. The lowest BCUT2D eigenvalue weighted by atomic mass is 9.61. The van der Waals surface area contributed by atoms with Crippen molar-refractivity contribution in [2.45, 2.75) is 39.0 Å². The Morgan fingerprint density at radius 2 is 1.57 bits per heavy atom. The van der Waals surface area contributed by atoms with Gasteiger partial charge in [-0.15, -0.1) is 0 Å². The largest absolute Gasteiger partial charge is 0.294 e. The van der Waals surface area contributed by atoms with Crippen LogP contribution < -0.4 is 0 Å². The number of aromatic nitrogens is 2. The zero-order valence-electron chi connectivity index (χ0n) is 16.7. The van der Waals surface area contributed by atoms with E-state index in [2.05, 4.69) is 23.8 Å². The Hall–Kier alpha value is -2.92. The third kappa shape index (κ3) is 2.80. The van der Waals surface area contributed by atoms with Crippen molar-refractivity contribution in [2.24, 2.45) is 5.41 Å². The van der Waals surface area contributed by atoms with E-state index in [1.165, 1.54) is 0 Å². The molecule has 0 saturated carbocycles. The number of carbonyl (C=O) groups excluding carboxylic acids is 3. The summed E-state index contributed by atoms with van der Waals surface area (Å²) in [6.07, 6.45) is 4.54. The molecule has 3 aliphatic carbocycles. The van der Waals surface area contributed by atoms with Crippen LogP contribution in [0.5, 0.6) is 0 Å². The highest BCUT2D eigenvalue weighted by molar-refractivity contribution is 6.29. The predicted molar refractivity (Wildman–Crippen MR) is 112 cm³/mol. The van der Waals surface area contributed by atoms with E-state index in [1.54, 1.807) is 36.7 Å². The second-order valence-electron chi connectivity index (χ2n) is 8.95. The molecule has 1 atom stereocenters. The number of carbonyl (C=O) groups is 3. The first-order valence-electron chi connectivity index (χ1n) is 9.91. The van der Waals surface area contributed by atoms with Crippen molar-refractivity contribution in [3.8, 4) is 0 Å². The molecule has 6 heteroatoms. The highest BCUT2D eigenvalue weighted by Crippen LogP contribution is 2.52. The van der Waals surface area contributed by atoms with Crippen LogP contribution in [0, 0.1) is 5.41 Å². The minimum atomic E-state index is -0.644. The molecule has 0 fully saturated rings. The van der Waals surface area contributed by atoms with Crippen LogP contribution in [0.1, 0.15) is 65.3 Å². The number of ketones is 3. The standard InChI is InChI=1S/C24H19ClN2O3/c1-24(2)8-12-7-16-20(22(30)15-6-4-3-5-14(15)21(16)29)19(18(12)17(28)9-24)13-10-26-23(25)27-11-13/h3-6,10-11,19H,7-9H2,1-2H3. The topological polar surface area (TPSA) is 77.0 Å². The van der Waals surface area contributed by atoms with Gasteiger partial charge in [0.05, 0.1) is 0 Å². The average Bonchev–Trinajstić information content (AvgIpc) is 2.70. The lowest BCUT2D eigenvalue weighted by Gasteiger charge is -2.40. The highest BCUT2D eigenvalue weighted by atomic mass is 35.5. The fourth-order valence-electron chi connectivity index (χ4n) is 5.07. The Morgan fingerprint density at radius 3 is 2.23 bits per heavy atom. The molecule has 1 aromatic carbocycles. The first kappa shape index (κ1) is 19.1. The zero-order chi connectivity index (χ0) is 21.2. The molecular weight excluding hydrogens is 400 g/mol. The van der Waals surface area contributed by atoms with Crippen LogP contribution in [-0.4, -0.2) is 27.3 Å². The maximum atomic E-state index is 13.5. The molecule has 0 bridgehead atoms. The number of hydrogen-bond donors (Lipinski definition) is 0. The van der Waals surface area contributed by atoms with Crippen LogP contribution in [0.25, 0.3) is 0 Å². The third-order valence-electron chi connectivity index (χ3n) is 6.21. The summed E-state index contributed by atoms with van der Waals surface area (Å²) in [7, 11) is 0. The van der Waals surface area contributed by atoms with Crippen LogP contribution in [0.4, 0.5) is 0 Å². The van der Waals surface area contributed by atoms with Crippen LogP contribution in [-0.2, 0) is 4.79 Å². The molecule has 0 saturated heterocycles. The van der Waals surface area contributed by atoms with Gasteiger partial charge in [-0.25, -0.2) is 9.97 Å². The van der Waals surface area contributed by atoms with Crippen molar-refractivity contribution in [1.29, 1.82) is 0 Å². The Bertz CT molecular complexity index is 1210. The summed E-state index contributed by atoms with van der Waals surface area (Å²) in [6.45, 7) is 4.12. The maximum Gasteiger partial charge on any atom is 0.222 e. The summed E-state index contributed by atoms with van der Waals surface area (Å²) in [6, 6.07) is 6.88. The summed E-state index contributed by atoms with van der Waals surface area (Å²) < 4.78 is 0. The first-order chi connectivity index (χ1) is 14.3. The minimum absolute atomic E-state index is 0.0202. The van der Waals surface area contributed by atoms with Gasteiger partial charge in [0.2, 0.25) is 5.28 Å². The smallest absolute Gasteiger partial charge is 0.222 e. The SMILES string of the molecule is CC1(C)CC(=O)C2=C(CC3=C(C(=O)c4ccccc4C3=O)C2c2cnc(Cl)nc2)C1. The Balaban J connectivity index is 1.76. The molecule has 0 N–H and O–H groups in total. The highest BCUT2D eigenvalue weighted by Gasteiger charge is 2.46. The molecule has 0 amide bonds. The Labute approximate surface area is 178 Å². The molecule has 2 aromatic rings. The number of Topliss-reactive ketones (excluding diaryl/α,β-unsaturated/α-hetero) is 3. The van der Waals surface area contributed by atoms with E-state index < -0.39 is 5.92 Å². The van der Waals surface area contributed by atoms with E-state index in [0.29, 0.717) is 52.7 Å². The molecule has 0 spiro atoms. The fourth-order valence-corrected chi connectivity index (χ4v) is 5.17. The van der Waals surface area contributed by atoms with Crippen molar-refractivity contribution in [3.05, 3.63) is 80.9 Å². The monoisotopic (exact) mass is 418 g/mol. The molecule has 1 unspecified atom stereocenters. The van der Waals surface area contributed by atoms with Gasteiger partial charge in [-0.05, 0) is 29.9 Å². The molecule has 5 nitrogen and oxygen atoms in total. The van der Waals surface area contributed by atoms with Crippen molar-refractivity contribution >= 4 is 29.0 Å². The van der Waals surface area contributed by atoms with Crippen LogP contribution >= 0.6 is 11.6 Å². The number of allylic oxidation sites excluding steroid dienone is 4. The normalized spacial score (nSPS) is 22.6. The molecule has 30 heavy (non-hydrogen) atoms. The summed E-state index contributed by atoms with van der Waals surface area (Å²) in [5.74, 6) is -0.965. The van der Waals surface area contributed by atoms with Crippen molar-refractivity contribution in [3.63, 3.8) is 0 Å². The van der Waals surface area contributed by atoms with Gasteiger partial charge in [0.25, 0.3) is 0 Å². The minimum Gasteiger partial charge on any atom is -0.294 e. The molecule has 0 aliphatic heterocycles. The average molecular weight is 419 g/mol. The van der Waals surface area contributed by atoms with Crippen LogP contribution in [0.3, 0.4) is 0 Å². The van der Waals surface area contributed by atoms with E-state index in [4.69, 9.17) is 11.6 Å². The van der Waals surface area contributed by atoms with Gasteiger partial charge in [-0.2, -0.15) is 0 Å². The van der Waals surface area contributed by atoms with Gasteiger partial charge in [0, 0.05) is 58.1 Å². The van der Waals surface area contributed by atoms with E-state index in [-0.39, 0.29) is 28.0 Å². The van der Waals surface area contributed by atoms with E-state index in [0.717, 1.165) is 5.57 Å². The van der Waals surface area contributed by atoms with Crippen molar-refractivity contribution in [2.75, 3.05) is 0 Å². The van der Waals surface area contributed by atoms with Crippen LogP contribution in [0.15, 0.2) is 59.0 Å². The fraction of sp³-hybridized carbons (Fsp3) is 0.292. The summed E-state index contributed by atoms with van der Waals surface area (Å²) in [4.78, 5) is 48.3. The number of nitrogens with zero attached hydrogens (tertiary/aromatic N) is 2. The van der Waals surface area contributed by atoms with E-state index in [1.807, 2.05) is 0 Å². The van der Waals surface area contributed by atoms with Crippen LogP contribution in [0.2, 0.25) is 5.28 Å².